The lowest BCUT2D eigenvalue weighted by atomic mass is 9.79. The van der Waals surface area contributed by atoms with E-state index in [1.165, 1.54) is 23.9 Å². The van der Waals surface area contributed by atoms with Crippen molar-refractivity contribution in [3.05, 3.63) is 68.3 Å². The number of nitrogens with zero attached hydrogens (tertiary/aromatic N) is 2. The number of hydrogen-bond donors (Lipinski definition) is 1. The zero-order valence-corrected chi connectivity index (χ0v) is 16.8. The van der Waals surface area contributed by atoms with Gasteiger partial charge in [0, 0.05) is 23.3 Å². The van der Waals surface area contributed by atoms with Gasteiger partial charge >= 0.3 is 0 Å². The van der Waals surface area contributed by atoms with E-state index in [-0.39, 0.29) is 22.3 Å². The number of nitro benzene ring substituents is 2. The fourth-order valence-corrected chi connectivity index (χ4v) is 6.33. The van der Waals surface area contributed by atoms with Crippen LogP contribution in [0.2, 0.25) is 0 Å². The van der Waals surface area contributed by atoms with Gasteiger partial charge in [-0.25, -0.2) is 0 Å². The third-order valence-corrected chi connectivity index (χ3v) is 7.73. The summed E-state index contributed by atoms with van der Waals surface area (Å²) in [4.78, 5) is 34.0. The number of aliphatic carboxylic acids is 1. The lowest BCUT2D eigenvalue weighted by Crippen LogP contribution is -2.49. The average Bonchev–Trinajstić information content (AvgIpc) is 3.03. The molecule has 30 heavy (non-hydrogen) atoms. The van der Waals surface area contributed by atoms with Crippen LogP contribution in [0.3, 0.4) is 0 Å². The lowest BCUT2D eigenvalue weighted by Gasteiger charge is -2.38. The molecule has 0 bridgehead atoms. The number of carbonyl (C=O) groups is 1. The van der Waals surface area contributed by atoms with Gasteiger partial charge in [-0.15, -0.1) is 23.4 Å². The van der Waals surface area contributed by atoms with Crippen LogP contribution in [0.5, 0.6) is 0 Å². The van der Waals surface area contributed by atoms with Crippen molar-refractivity contribution < 1.29 is 19.7 Å². The third kappa shape index (κ3) is 3.35. The second kappa shape index (κ2) is 7.77. The Balaban J connectivity index is 1.73. The number of nitrogens with one attached hydrogen (secondary N) is 1. The number of carboxylic acid groups (broad SMARTS) is 1. The summed E-state index contributed by atoms with van der Waals surface area (Å²) in [5.41, 5.74) is 0.444. The minimum absolute atomic E-state index is 0.0492. The Hall–Kier alpha value is -2.85. The van der Waals surface area contributed by atoms with Gasteiger partial charge in [-0.2, -0.15) is 0 Å². The first kappa shape index (κ1) is 20.4. The van der Waals surface area contributed by atoms with Crippen LogP contribution < -0.4 is 10.4 Å². The van der Waals surface area contributed by atoms with Gasteiger partial charge < -0.3 is 15.2 Å². The van der Waals surface area contributed by atoms with Crippen molar-refractivity contribution in [3.63, 3.8) is 0 Å². The Morgan fingerprint density at radius 1 is 1.07 bits per heavy atom. The van der Waals surface area contributed by atoms with E-state index in [2.05, 4.69) is 5.32 Å². The molecule has 1 saturated carbocycles. The second-order valence-corrected chi connectivity index (χ2v) is 8.98. The fraction of sp³-hybridized carbons (Fsp3) is 0.316. The predicted molar refractivity (Wildman–Crippen MR) is 109 cm³/mol. The molecule has 4 rings (SSSR count). The fourth-order valence-electron chi connectivity index (χ4n) is 4.38. The number of alkyl halides is 1. The molecule has 1 aliphatic carbocycles. The Morgan fingerprint density at radius 3 is 2.40 bits per heavy atom. The molecule has 156 valence electrons. The van der Waals surface area contributed by atoms with Crippen LogP contribution in [0.15, 0.2) is 47.4 Å². The summed E-state index contributed by atoms with van der Waals surface area (Å²) in [7, 11) is 0. The summed E-state index contributed by atoms with van der Waals surface area (Å²) in [6.07, 6.45) is 0.364. The van der Waals surface area contributed by atoms with Crippen LogP contribution in [0.4, 0.5) is 17.1 Å². The minimum atomic E-state index is -1.37. The number of para-hydroxylation sites is 2. The van der Waals surface area contributed by atoms with Gasteiger partial charge in [0.15, 0.2) is 0 Å². The number of anilines is 1. The molecular formula is C19H15ClN3O6S-. The molecule has 11 heteroatoms. The normalized spacial score (nSPS) is 26.9. The molecular weight excluding hydrogens is 434 g/mol. The van der Waals surface area contributed by atoms with Gasteiger partial charge in [-0.1, -0.05) is 24.3 Å². The van der Waals surface area contributed by atoms with Gasteiger partial charge in [0.2, 0.25) is 0 Å². The molecule has 2 aliphatic rings. The van der Waals surface area contributed by atoms with E-state index in [1.807, 2.05) is 0 Å². The van der Waals surface area contributed by atoms with Crippen LogP contribution in [0.1, 0.15) is 17.9 Å². The molecule has 1 heterocycles. The van der Waals surface area contributed by atoms with E-state index in [0.717, 1.165) is 0 Å². The second-order valence-electron chi connectivity index (χ2n) is 7.19. The number of hydrogen-bond acceptors (Lipinski definition) is 8. The number of fused-ring (bicyclic) bond motifs is 3. The maximum absolute atomic E-state index is 11.8. The van der Waals surface area contributed by atoms with E-state index < -0.39 is 39.1 Å². The van der Waals surface area contributed by atoms with E-state index in [1.54, 1.807) is 30.3 Å². The van der Waals surface area contributed by atoms with Crippen molar-refractivity contribution in [1.82, 2.24) is 0 Å². The Morgan fingerprint density at radius 2 is 1.73 bits per heavy atom. The molecule has 0 aromatic heterocycles. The lowest BCUT2D eigenvalue weighted by molar-refractivity contribution is -0.387. The predicted octanol–water partition coefficient (Wildman–Crippen LogP) is 2.92. The quantitative estimate of drug-likeness (QED) is 0.418. The van der Waals surface area contributed by atoms with E-state index in [0.29, 0.717) is 16.9 Å². The molecule has 5 atom stereocenters. The first-order chi connectivity index (χ1) is 14.3. The van der Waals surface area contributed by atoms with Crippen LogP contribution >= 0.6 is 23.4 Å². The highest BCUT2D eigenvalue weighted by Gasteiger charge is 2.51. The molecule has 0 spiro atoms. The van der Waals surface area contributed by atoms with E-state index >= 15 is 0 Å². The van der Waals surface area contributed by atoms with Crippen LogP contribution in [0.25, 0.3) is 0 Å². The summed E-state index contributed by atoms with van der Waals surface area (Å²) in [6.45, 7) is 0. The van der Waals surface area contributed by atoms with Crippen molar-refractivity contribution >= 4 is 46.4 Å². The number of nitro groups is 2. The van der Waals surface area contributed by atoms with Crippen molar-refractivity contribution in [2.75, 3.05) is 5.32 Å². The Kier molecular flexibility index (Phi) is 5.29. The molecule has 1 N–H and O–H groups in total. The Bertz CT molecular complexity index is 1050. The van der Waals surface area contributed by atoms with Gasteiger partial charge in [-0.3, -0.25) is 20.2 Å². The summed E-state index contributed by atoms with van der Waals surface area (Å²) in [5, 5.41) is 36.5. The highest BCUT2D eigenvalue weighted by molar-refractivity contribution is 8.00. The number of rotatable bonds is 5. The monoisotopic (exact) mass is 448 g/mol. The molecule has 9 nitrogen and oxygen atoms in total. The van der Waals surface area contributed by atoms with Gasteiger partial charge in [0.1, 0.15) is 5.69 Å². The van der Waals surface area contributed by atoms with Crippen molar-refractivity contribution in [1.29, 1.82) is 0 Å². The van der Waals surface area contributed by atoms with Crippen LogP contribution in [-0.2, 0) is 4.79 Å². The van der Waals surface area contributed by atoms with E-state index in [9.17, 15) is 30.1 Å². The van der Waals surface area contributed by atoms with Crippen LogP contribution in [0, 0.1) is 26.1 Å². The molecule has 0 radical (unpaired) electrons. The molecule has 0 amide bonds. The van der Waals surface area contributed by atoms with E-state index in [4.69, 9.17) is 11.6 Å². The maximum atomic E-state index is 11.8. The summed E-state index contributed by atoms with van der Waals surface area (Å²) >= 11 is 7.99. The minimum Gasteiger partial charge on any atom is -0.548 e. The molecule has 2 aromatic rings. The smallest absolute Gasteiger partial charge is 0.292 e. The standard InChI is InChI=1S/C19H16ClN3O6S/c20-16-14(30-13-7-2-1-5-11(13)22(26)27)8-10-15(16)9-4-3-6-12(23(28)29)17(9)21-18(10)19(24)25/h1-7,10,14-16,18,21H,8H2,(H,24,25)/p-1/t10-,14+,15+,16-,18+/m1/s1. The molecule has 0 saturated heterocycles. The molecule has 1 fully saturated rings. The maximum Gasteiger partial charge on any atom is 0.292 e. The largest absolute Gasteiger partial charge is 0.548 e. The topological polar surface area (TPSA) is 138 Å². The zero-order valence-electron chi connectivity index (χ0n) is 15.3. The number of benzene rings is 2. The summed E-state index contributed by atoms with van der Waals surface area (Å²) < 4.78 is 0. The van der Waals surface area contributed by atoms with Crippen molar-refractivity contribution in [3.8, 4) is 0 Å². The SMILES string of the molecule is O=C([O-])[C@H]1Nc2c(cccc2[N+](=O)[O-])[C@@H]2[C@H](Cl)[C@@H](Sc3ccccc3[N+](=O)[O-])C[C@H]21. The summed E-state index contributed by atoms with van der Waals surface area (Å²) in [5.74, 6) is -2.30. The number of carboxylic acids is 1. The number of halogens is 1. The van der Waals surface area contributed by atoms with Crippen LogP contribution in [-0.4, -0.2) is 32.5 Å². The molecule has 0 unspecified atom stereocenters. The zero-order chi connectivity index (χ0) is 21.6. The Labute approximate surface area is 179 Å². The number of carbonyl (C=O) groups excluding carboxylic acids is 1. The van der Waals surface area contributed by atoms with Crippen molar-refractivity contribution in [2.24, 2.45) is 5.92 Å². The van der Waals surface area contributed by atoms with Crippen molar-refractivity contribution in [2.45, 2.75) is 33.9 Å². The molecule has 2 aromatic carbocycles. The highest BCUT2D eigenvalue weighted by Crippen LogP contribution is 2.56. The van der Waals surface area contributed by atoms with Gasteiger partial charge in [0.25, 0.3) is 11.4 Å². The third-order valence-electron chi connectivity index (χ3n) is 5.62. The first-order valence-corrected chi connectivity index (χ1v) is 10.4. The average molecular weight is 449 g/mol. The number of thioether (sulfide) groups is 1. The summed E-state index contributed by atoms with van der Waals surface area (Å²) in [6, 6.07) is 9.68. The van der Waals surface area contributed by atoms with Gasteiger partial charge in [0.05, 0.1) is 32.1 Å². The van der Waals surface area contributed by atoms with Gasteiger partial charge in [-0.05, 0) is 24.0 Å². The first-order valence-electron chi connectivity index (χ1n) is 9.08. The highest BCUT2D eigenvalue weighted by atomic mass is 35.5. The molecule has 1 aliphatic heterocycles.